The molecule has 9 heteroatoms. The van der Waals surface area contributed by atoms with Crippen molar-refractivity contribution in [1.29, 1.82) is 4.78 Å². The Bertz CT molecular complexity index is 982. The van der Waals surface area contributed by atoms with Crippen molar-refractivity contribution in [2.45, 2.75) is 88.7 Å². The van der Waals surface area contributed by atoms with Gasteiger partial charge in [0.1, 0.15) is 0 Å². The highest BCUT2D eigenvalue weighted by molar-refractivity contribution is 7.92. The first-order chi connectivity index (χ1) is 16.4. The van der Waals surface area contributed by atoms with Gasteiger partial charge in [-0.15, -0.1) is 0 Å². The van der Waals surface area contributed by atoms with Crippen molar-refractivity contribution in [2.75, 3.05) is 39.6 Å². The second kappa shape index (κ2) is 12.1. The monoisotopic (exact) mass is 529 g/mol. The van der Waals surface area contributed by atoms with Crippen molar-refractivity contribution >= 4 is 19.8 Å². The summed E-state index contributed by atoms with van der Waals surface area (Å²) in [5.41, 5.74) is 2.22. The molecule has 0 amide bonds. The first-order valence-electron chi connectivity index (χ1n) is 13.3. The predicted molar refractivity (Wildman–Crippen MR) is 144 cm³/mol. The molecule has 0 aromatic rings. The van der Waals surface area contributed by atoms with Crippen LogP contribution in [-0.4, -0.2) is 78.0 Å². The molecule has 7 nitrogen and oxygen atoms in total. The summed E-state index contributed by atoms with van der Waals surface area (Å²) >= 11 is 0. The summed E-state index contributed by atoms with van der Waals surface area (Å²) in [7, 11) is -4.47. The Morgan fingerprint density at radius 1 is 1.09 bits per heavy atom. The molecule has 1 saturated carbocycles. The van der Waals surface area contributed by atoms with Crippen LogP contribution >= 0.6 is 0 Å². The Morgan fingerprint density at radius 2 is 1.77 bits per heavy atom. The molecule has 1 heterocycles. The molecule has 0 aromatic heterocycles. The minimum Gasteiger partial charge on any atom is -0.381 e. The number of sulfonamides is 1. The highest BCUT2D eigenvalue weighted by Crippen LogP contribution is 2.36. The predicted octanol–water partition coefficient (Wildman–Crippen LogP) is 4.61. The van der Waals surface area contributed by atoms with E-state index in [0.717, 1.165) is 57.6 Å². The van der Waals surface area contributed by atoms with Crippen LogP contribution in [-0.2, 0) is 24.5 Å². The molecule has 4 unspecified atom stereocenters. The molecule has 35 heavy (non-hydrogen) atoms. The number of hydrogen-bond acceptors (Lipinski definition) is 6. The largest absolute Gasteiger partial charge is 0.381 e. The van der Waals surface area contributed by atoms with Crippen LogP contribution < -0.4 is 0 Å². The van der Waals surface area contributed by atoms with Gasteiger partial charge < -0.3 is 9.64 Å². The van der Waals surface area contributed by atoms with Crippen LogP contribution in [0.4, 0.5) is 0 Å². The van der Waals surface area contributed by atoms with Gasteiger partial charge in [0.15, 0.2) is 0 Å². The maximum atomic E-state index is 14.0. The van der Waals surface area contributed by atoms with E-state index < -0.39 is 30.3 Å². The van der Waals surface area contributed by atoms with Gasteiger partial charge in [-0.25, -0.2) is 12.6 Å². The van der Waals surface area contributed by atoms with Crippen LogP contribution in [0.2, 0.25) is 0 Å². The van der Waals surface area contributed by atoms with E-state index in [9.17, 15) is 12.6 Å². The lowest BCUT2D eigenvalue weighted by Gasteiger charge is -2.43. The van der Waals surface area contributed by atoms with Crippen molar-refractivity contribution in [3.8, 4) is 0 Å². The van der Waals surface area contributed by atoms with Crippen molar-refractivity contribution in [3.05, 3.63) is 23.4 Å². The lowest BCUT2D eigenvalue weighted by Crippen LogP contribution is -2.53. The Balaban J connectivity index is 1.81. The zero-order valence-electron chi connectivity index (χ0n) is 22.4. The molecule has 1 N–H and O–H groups in total. The average molecular weight is 530 g/mol. The van der Waals surface area contributed by atoms with Crippen molar-refractivity contribution in [3.63, 3.8) is 0 Å². The van der Waals surface area contributed by atoms with E-state index in [-0.39, 0.29) is 12.0 Å². The molecule has 1 saturated heterocycles. The minimum absolute atomic E-state index is 0.0261. The third-order valence-electron chi connectivity index (χ3n) is 7.99. The fraction of sp³-hybridized carbons (Fsp3) is 0.846. The van der Waals surface area contributed by atoms with Crippen LogP contribution in [0, 0.1) is 16.6 Å². The number of nitrogens with one attached hydrogen (secondary N) is 1. The van der Waals surface area contributed by atoms with Crippen molar-refractivity contribution in [2.24, 2.45) is 11.8 Å². The number of rotatable bonds is 10. The number of nitrogens with zero attached hydrogens (tertiary/aromatic N) is 2. The molecule has 3 aliphatic rings. The highest BCUT2D eigenvalue weighted by atomic mass is 32.2. The summed E-state index contributed by atoms with van der Waals surface area (Å²) in [6.07, 6.45) is 11.7. The van der Waals surface area contributed by atoms with Gasteiger partial charge in [-0.05, 0) is 76.3 Å². The summed E-state index contributed by atoms with van der Waals surface area (Å²) in [4.78, 5) is 2.26. The summed E-state index contributed by atoms with van der Waals surface area (Å²) in [6, 6.07) is -0.0261. The van der Waals surface area contributed by atoms with Gasteiger partial charge in [-0.3, -0.25) is 9.08 Å². The molecule has 2 fully saturated rings. The lowest BCUT2D eigenvalue weighted by atomic mass is 9.91. The first kappa shape index (κ1) is 28.7. The first-order valence-corrected chi connectivity index (χ1v) is 16.9. The van der Waals surface area contributed by atoms with Gasteiger partial charge in [0.2, 0.25) is 10.0 Å². The Hall–Kier alpha value is -0.900. The quantitative estimate of drug-likeness (QED) is 0.446. The SMILES string of the molecule is CCC1=CC=C(N(CC(C)C)S(=O)(=O)C2CCC(N(C)CC3CCOCC3)C(S(C)(=N)=O)C2)CC1. The summed E-state index contributed by atoms with van der Waals surface area (Å²) in [6.45, 7) is 9.14. The van der Waals surface area contributed by atoms with E-state index in [4.69, 9.17) is 9.52 Å². The standard InChI is InChI=1S/C26H47N3O4S2/c1-6-21-7-9-23(10-8-21)29(18-20(2)3)35(31,32)24-11-12-25(26(17-24)34(5,27)30)28(4)19-22-13-15-33-16-14-22/h7,9,20,22,24-27H,6,8,10-19H2,1-5H3. The lowest BCUT2D eigenvalue weighted by molar-refractivity contribution is 0.0477. The molecule has 0 radical (unpaired) electrons. The summed E-state index contributed by atoms with van der Waals surface area (Å²) < 4.78 is 56.8. The third-order valence-corrected chi connectivity index (χ3v) is 11.9. The van der Waals surface area contributed by atoms with E-state index in [0.29, 0.717) is 31.7 Å². The molecule has 3 rings (SSSR count). The van der Waals surface area contributed by atoms with Crippen molar-refractivity contribution < 1.29 is 17.4 Å². The molecule has 1 aliphatic heterocycles. The smallest absolute Gasteiger partial charge is 0.237 e. The second-order valence-electron chi connectivity index (χ2n) is 11.2. The fourth-order valence-corrected chi connectivity index (χ4v) is 9.77. The maximum absolute atomic E-state index is 14.0. The molecular weight excluding hydrogens is 482 g/mol. The van der Waals surface area contributed by atoms with E-state index in [1.807, 2.05) is 19.9 Å². The minimum atomic E-state index is -3.62. The summed E-state index contributed by atoms with van der Waals surface area (Å²) in [5.74, 6) is 0.738. The Morgan fingerprint density at radius 3 is 2.31 bits per heavy atom. The molecule has 2 aliphatic carbocycles. The number of hydrogen-bond donors (Lipinski definition) is 1. The Kier molecular flexibility index (Phi) is 9.91. The maximum Gasteiger partial charge on any atom is 0.237 e. The van der Waals surface area contributed by atoms with Crippen molar-refractivity contribution in [1.82, 2.24) is 9.21 Å². The van der Waals surface area contributed by atoms with E-state index in [1.165, 1.54) is 11.8 Å². The van der Waals surface area contributed by atoms with Gasteiger partial charge in [0.25, 0.3) is 0 Å². The number of ether oxygens (including phenoxy) is 1. The van der Waals surface area contributed by atoms with Crippen LogP contribution in [0.5, 0.6) is 0 Å². The van der Waals surface area contributed by atoms with Crippen LogP contribution in [0.1, 0.15) is 72.1 Å². The van der Waals surface area contributed by atoms with Gasteiger partial charge in [0, 0.05) is 54.0 Å². The molecular formula is C26H47N3O4S2. The zero-order chi connectivity index (χ0) is 25.8. The third kappa shape index (κ3) is 7.33. The normalized spacial score (nSPS) is 28.5. The van der Waals surface area contributed by atoms with Crippen LogP contribution in [0.15, 0.2) is 23.4 Å². The number of allylic oxidation sites excluding steroid dienone is 4. The fourth-order valence-electron chi connectivity index (χ4n) is 5.87. The average Bonchev–Trinajstić information content (AvgIpc) is 2.82. The highest BCUT2D eigenvalue weighted by Gasteiger charge is 2.44. The van der Waals surface area contributed by atoms with E-state index in [2.05, 4.69) is 24.9 Å². The molecule has 0 bridgehead atoms. The van der Waals surface area contributed by atoms with Crippen LogP contribution in [0.25, 0.3) is 0 Å². The van der Waals surface area contributed by atoms with E-state index >= 15 is 0 Å². The van der Waals surface area contributed by atoms with Gasteiger partial charge >= 0.3 is 0 Å². The zero-order valence-corrected chi connectivity index (χ0v) is 24.0. The second-order valence-corrected chi connectivity index (χ2v) is 15.8. The molecule has 4 atom stereocenters. The van der Waals surface area contributed by atoms with Crippen LogP contribution in [0.3, 0.4) is 0 Å². The van der Waals surface area contributed by atoms with Gasteiger partial charge in [-0.2, -0.15) is 0 Å². The molecule has 202 valence electrons. The summed E-state index contributed by atoms with van der Waals surface area (Å²) in [5, 5.41) is -1.05. The van der Waals surface area contributed by atoms with Gasteiger partial charge in [0.05, 0.1) is 10.5 Å². The Labute approximate surface area is 214 Å². The topological polar surface area (TPSA) is 90.8 Å². The molecule has 0 spiro atoms. The van der Waals surface area contributed by atoms with E-state index in [1.54, 1.807) is 4.31 Å². The van der Waals surface area contributed by atoms with Gasteiger partial charge in [-0.1, -0.05) is 32.4 Å². The molecule has 0 aromatic carbocycles.